The van der Waals surface area contributed by atoms with E-state index in [4.69, 9.17) is 46.5 Å². The van der Waals surface area contributed by atoms with E-state index in [2.05, 4.69) is 48.5 Å². The normalized spacial score (nSPS) is 13.1. The molecule has 0 bridgehead atoms. The Morgan fingerprint density at radius 1 is 0.529 bits per heavy atom. The first kappa shape index (κ1) is 24.3. The second-order valence-corrected chi connectivity index (χ2v) is 19.0. The van der Waals surface area contributed by atoms with Crippen LogP contribution in [-0.4, -0.2) is 34.6 Å². The molecule has 0 unspecified atom stereocenters. The van der Waals surface area contributed by atoms with Crippen molar-refractivity contribution in [2.45, 2.75) is 20.8 Å². The summed E-state index contributed by atoms with van der Waals surface area (Å²) in [7, 11) is -3.11. The molecule has 0 aliphatic carbocycles. The summed E-state index contributed by atoms with van der Waals surface area (Å²) in [6.07, 6.45) is 0. The average Bonchev–Trinajstić information content (AvgIpc) is 2.81. The average molecular weight is 548 g/mol. The van der Waals surface area contributed by atoms with Crippen LogP contribution < -0.4 is 10.4 Å². The Balaban J connectivity index is 1.94. The first-order valence-electron chi connectivity index (χ1n) is 11.5. The van der Waals surface area contributed by atoms with Crippen molar-refractivity contribution in [2.24, 2.45) is 0 Å². The van der Waals surface area contributed by atoms with Gasteiger partial charge in [-0.2, -0.15) is 0 Å². The topological polar surface area (TPSA) is 27.7 Å². The lowest BCUT2D eigenvalue weighted by Crippen LogP contribution is -2.57. The van der Waals surface area contributed by atoms with Gasteiger partial charge < -0.3 is 13.3 Å². The van der Waals surface area contributed by atoms with Gasteiger partial charge in [0.05, 0.1) is 0 Å². The van der Waals surface area contributed by atoms with E-state index in [1.54, 1.807) is 0 Å². The fraction of sp³-hybridized carbons (Fsp3) is 0.231. The lowest BCUT2D eigenvalue weighted by molar-refractivity contribution is 0.0862. The van der Waals surface area contributed by atoms with E-state index in [1.807, 2.05) is 32.9 Å². The molecule has 5 aromatic carbocycles. The molecule has 0 radical (unpaired) electrons. The second-order valence-electron chi connectivity index (χ2n) is 8.13. The van der Waals surface area contributed by atoms with E-state index in [9.17, 15) is 0 Å². The van der Waals surface area contributed by atoms with E-state index in [1.165, 1.54) is 5.39 Å². The minimum atomic E-state index is -3.11. The van der Waals surface area contributed by atoms with Crippen LogP contribution in [-0.2, 0) is 13.3 Å². The molecule has 0 atom stereocenters. The molecular weight excluding hydrogens is 523 g/mol. The van der Waals surface area contributed by atoms with Crippen LogP contribution in [0.2, 0.25) is 0 Å². The molecule has 176 valence electrons. The summed E-state index contributed by atoms with van der Waals surface area (Å²) in [5, 5.41) is 10.8. The van der Waals surface area contributed by atoms with Crippen molar-refractivity contribution in [1.82, 2.24) is 0 Å². The molecule has 3 nitrogen and oxygen atoms in total. The lowest BCUT2D eigenvalue weighted by atomic mass is 9.90. The molecule has 0 N–H and O–H groups in total. The van der Waals surface area contributed by atoms with Gasteiger partial charge >= 0.3 is 14.8 Å². The Kier molecular flexibility index (Phi) is 6.59. The molecule has 0 aliphatic heterocycles. The summed E-state index contributed by atoms with van der Waals surface area (Å²) in [4.78, 5) is 0. The third-order valence-electron chi connectivity index (χ3n) is 6.30. The fourth-order valence-corrected chi connectivity index (χ4v) is 10.1. The minimum Gasteiger partial charge on any atom is -0.370 e. The van der Waals surface area contributed by atoms with Crippen LogP contribution in [0.4, 0.5) is 0 Å². The molecule has 0 fully saturated rings. The summed E-state index contributed by atoms with van der Waals surface area (Å²) < 4.78 is 18.8. The van der Waals surface area contributed by atoms with Crippen LogP contribution in [0.5, 0.6) is 0 Å². The molecule has 34 heavy (non-hydrogen) atoms. The van der Waals surface area contributed by atoms with Crippen molar-refractivity contribution < 1.29 is 13.3 Å². The van der Waals surface area contributed by atoms with Gasteiger partial charge in [0, 0.05) is 25.0 Å². The fourth-order valence-electron chi connectivity index (χ4n) is 5.15. The third kappa shape index (κ3) is 3.74. The Morgan fingerprint density at radius 3 is 1.35 bits per heavy atom. The Bertz CT molecular complexity index is 1460. The molecule has 0 heterocycles. The van der Waals surface area contributed by atoms with Crippen LogP contribution in [0.15, 0.2) is 60.7 Å². The zero-order valence-electron chi connectivity index (χ0n) is 19.3. The first-order chi connectivity index (χ1) is 16.4. The quantitative estimate of drug-likeness (QED) is 0.0919. The highest BCUT2D eigenvalue weighted by atomic mass is 35.8. The van der Waals surface area contributed by atoms with Gasteiger partial charge in [0.25, 0.3) is 0 Å². The zero-order chi connectivity index (χ0) is 24.1. The Hall–Kier alpha value is -1.42. The number of hydrogen-bond donors (Lipinski definition) is 0. The van der Waals surface area contributed by atoms with Gasteiger partial charge in [-0.1, -0.05) is 60.7 Å². The van der Waals surface area contributed by atoms with Gasteiger partial charge in [-0.15, -0.1) is 33.2 Å². The molecule has 0 aliphatic rings. The van der Waals surface area contributed by atoms with Crippen molar-refractivity contribution in [1.29, 1.82) is 0 Å². The molecule has 0 saturated heterocycles. The second kappa shape index (κ2) is 9.23. The van der Waals surface area contributed by atoms with Crippen LogP contribution in [0.25, 0.3) is 43.1 Å². The van der Waals surface area contributed by atoms with Crippen LogP contribution in [0.3, 0.4) is 0 Å². The summed E-state index contributed by atoms with van der Waals surface area (Å²) in [5.74, 6) is 0. The van der Waals surface area contributed by atoms with E-state index >= 15 is 0 Å². The maximum atomic E-state index is 6.48. The van der Waals surface area contributed by atoms with Crippen molar-refractivity contribution in [2.75, 3.05) is 19.8 Å². The van der Waals surface area contributed by atoms with Gasteiger partial charge in [-0.3, -0.25) is 0 Å². The molecular formula is C26H25Cl3O3Si2. The maximum absolute atomic E-state index is 6.48. The maximum Gasteiger partial charge on any atom is 0.537 e. The van der Waals surface area contributed by atoms with E-state index in [-0.39, 0.29) is 0 Å². The van der Waals surface area contributed by atoms with Crippen molar-refractivity contribution >= 4 is 102 Å². The Labute approximate surface area is 215 Å². The zero-order valence-corrected chi connectivity index (χ0v) is 23.5. The summed E-state index contributed by atoms with van der Waals surface area (Å²) >= 11 is 19.4. The molecule has 0 amide bonds. The number of rotatable bonds is 8. The highest BCUT2D eigenvalue weighted by Crippen LogP contribution is 2.40. The highest BCUT2D eigenvalue weighted by molar-refractivity contribution is 7.69. The molecule has 0 spiro atoms. The van der Waals surface area contributed by atoms with E-state index in [0.29, 0.717) is 19.8 Å². The SMILES string of the molecule is CCO[Si](OCC)(OCC)c1ccc2c3cccc4c([Si](Cl)(Cl)Cl)ccc(c5cccc1c52)c43. The van der Waals surface area contributed by atoms with E-state index < -0.39 is 14.8 Å². The number of halogens is 3. The molecule has 5 rings (SSSR count). The number of hydrogen-bond acceptors (Lipinski definition) is 3. The Morgan fingerprint density at radius 2 is 0.912 bits per heavy atom. The predicted octanol–water partition coefficient (Wildman–Crippen LogP) is 6.85. The smallest absolute Gasteiger partial charge is 0.370 e. The highest BCUT2D eigenvalue weighted by Gasteiger charge is 2.44. The predicted molar refractivity (Wildman–Crippen MR) is 151 cm³/mol. The van der Waals surface area contributed by atoms with Crippen molar-refractivity contribution in [3.63, 3.8) is 0 Å². The van der Waals surface area contributed by atoms with E-state index in [0.717, 1.165) is 48.1 Å². The number of fused-ring (bicyclic) bond motifs is 2. The molecule has 0 aromatic heterocycles. The van der Waals surface area contributed by atoms with Crippen molar-refractivity contribution in [3.8, 4) is 0 Å². The third-order valence-corrected chi connectivity index (χ3v) is 12.3. The standard InChI is InChI=1S/C26H25Cl3O3Si2/c1-4-30-34(31-5-2,32-6-3)24-16-14-20-17-9-7-11-21-23(33(27,28)29)15-13-19(25(17)21)18-10-8-12-22(24)26(18)20/h7-16H,4-6H2,1-3H3. The van der Waals surface area contributed by atoms with Gasteiger partial charge in [0.2, 0.25) is 0 Å². The van der Waals surface area contributed by atoms with Gasteiger partial charge in [0.15, 0.2) is 0 Å². The lowest BCUT2D eigenvalue weighted by Gasteiger charge is -2.30. The van der Waals surface area contributed by atoms with Crippen LogP contribution in [0, 0.1) is 0 Å². The van der Waals surface area contributed by atoms with Crippen LogP contribution >= 0.6 is 33.2 Å². The van der Waals surface area contributed by atoms with Gasteiger partial charge in [-0.05, 0) is 69.0 Å². The van der Waals surface area contributed by atoms with Crippen LogP contribution in [0.1, 0.15) is 20.8 Å². The van der Waals surface area contributed by atoms with Crippen molar-refractivity contribution in [3.05, 3.63) is 60.7 Å². The summed E-state index contributed by atoms with van der Waals surface area (Å²) in [5.41, 5.74) is 0. The number of benzene rings is 5. The summed E-state index contributed by atoms with van der Waals surface area (Å²) in [6, 6.07) is 17.9. The molecule has 8 heteroatoms. The largest absolute Gasteiger partial charge is 0.537 e. The monoisotopic (exact) mass is 546 g/mol. The van der Waals surface area contributed by atoms with Gasteiger partial charge in [-0.25, -0.2) is 0 Å². The first-order valence-corrected chi connectivity index (χ1v) is 18.2. The molecule has 0 saturated carbocycles. The summed E-state index contributed by atoms with van der Waals surface area (Å²) in [6.45, 7) is 7.48. The van der Waals surface area contributed by atoms with Gasteiger partial charge in [0.1, 0.15) is 0 Å². The minimum absolute atomic E-state index is 0.515. The molecule has 5 aromatic rings.